The molecule has 5 nitrogen and oxygen atoms in total. The second-order valence-corrected chi connectivity index (χ2v) is 3.60. The van der Waals surface area contributed by atoms with Gasteiger partial charge in [0.05, 0.1) is 5.92 Å². The lowest BCUT2D eigenvalue weighted by molar-refractivity contribution is -0.187. The number of nitrogens with zero attached hydrogens (tertiary/aromatic N) is 1. The number of halogens is 3. The van der Waals surface area contributed by atoms with Gasteiger partial charge in [-0.05, 0) is 12.8 Å². The summed E-state index contributed by atoms with van der Waals surface area (Å²) < 4.78 is 36.4. The number of alkyl halides is 3. The van der Waals surface area contributed by atoms with E-state index < -0.39 is 23.9 Å². The molecule has 0 saturated carbocycles. The third kappa shape index (κ3) is 2.84. The monoisotopic (exact) mass is 239 g/mol. The summed E-state index contributed by atoms with van der Waals surface area (Å²) in [6.07, 6.45) is -4.09. The Morgan fingerprint density at radius 1 is 1.38 bits per heavy atom. The van der Waals surface area contributed by atoms with Crippen molar-refractivity contribution in [2.24, 2.45) is 11.8 Å². The van der Waals surface area contributed by atoms with Crippen LogP contribution in [0, 0.1) is 5.92 Å². The van der Waals surface area contributed by atoms with Crippen LogP contribution in [0.15, 0.2) is 0 Å². The van der Waals surface area contributed by atoms with Crippen molar-refractivity contribution in [2.75, 3.05) is 13.1 Å². The zero-order valence-electron chi connectivity index (χ0n) is 8.38. The molecule has 92 valence electrons. The summed E-state index contributed by atoms with van der Waals surface area (Å²) >= 11 is 0. The summed E-state index contributed by atoms with van der Waals surface area (Å²) in [5, 5.41) is 0. The molecule has 1 unspecified atom stereocenters. The summed E-state index contributed by atoms with van der Waals surface area (Å²) in [7, 11) is 0. The van der Waals surface area contributed by atoms with Crippen molar-refractivity contribution in [1.82, 2.24) is 10.3 Å². The van der Waals surface area contributed by atoms with Crippen LogP contribution in [-0.4, -0.2) is 36.0 Å². The number of hydrogen-bond donors (Lipinski definition) is 2. The van der Waals surface area contributed by atoms with Gasteiger partial charge >= 0.3 is 12.1 Å². The van der Waals surface area contributed by atoms with Gasteiger partial charge in [0.2, 0.25) is 5.91 Å². The molecule has 0 aromatic rings. The van der Waals surface area contributed by atoms with Crippen molar-refractivity contribution in [1.29, 1.82) is 0 Å². The summed E-state index contributed by atoms with van der Waals surface area (Å²) in [6, 6.07) is 0. The summed E-state index contributed by atoms with van der Waals surface area (Å²) in [6.45, 7) is -0.214. The molecule has 0 aromatic heterocycles. The van der Waals surface area contributed by atoms with E-state index in [2.05, 4.69) is 0 Å². The molecule has 0 bridgehead atoms. The van der Waals surface area contributed by atoms with Crippen molar-refractivity contribution < 1.29 is 22.8 Å². The fourth-order valence-electron chi connectivity index (χ4n) is 1.67. The first-order valence-electron chi connectivity index (χ1n) is 4.73. The molecule has 1 aliphatic rings. The first kappa shape index (κ1) is 12.8. The van der Waals surface area contributed by atoms with E-state index in [-0.39, 0.29) is 13.1 Å². The van der Waals surface area contributed by atoms with Crippen LogP contribution in [0.5, 0.6) is 0 Å². The largest absolute Gasteiger partial charge is 0.471 e. The van der Waals surface area contributed by atoms with Gasteiger partial charge in [-0.25, -0.2) is 5.84 Å². The van der Waals surface area contributed by atoms with Crippen molar-refractivity contribution in [3.8, 4) is 0 Å². The second-order valence-electron chi connectivity index (χ2n) is 3.60. The first-order chi connectivity index (χ1) is 7.36. The molecular weight excluding hydrogens is 227 g/mol. The van der Waals surface area contributed by atoms with Crippen LogP contribution in [0.4, 0.5) is 13.2 Å². The molecule has 1 saturated heterocycles. The van der Waals surface area contributed by atoms with Crippen LogP contribution < -0.4 is 11.3 Å². The average molecular weight is 239 g/mol. The normalized spacial score (nSPS) is 21.8. The third-order valence-corrected chi connectivity index (χ3v) is 2.46. The maximum Gasteiger partial charge on any atom is 0.471 e. The minimum Gasteiger partial charge on any atom is -0.334 e. The summed E-state index contributed by atoms with van der Waals surface area (Å²) in [4.78, 5) is 22.7. The number of nitrogens with two attached hydrogens (primary N) is 1. The number of rotatable bonds is 1. The standard InChI is InChI=1S/C8H12F3N3O2/c9-8(10,11)7(16)14-3-1-2-5(4-14)6(15)13-12/h5H,1-4,12H2,(H,13,15). The van der Waals surface area contributed by atoms with Crippen molar-refractivity contribution in [3.05, 3.63) is 0 Å². The lowest BCUT2D eigenvalue weighted by atomic mass is 9.97. The molecule has 2 amide bonds. The van der Waals surface area contributed by atoms with Gasteiger partial charge in [-0.2, -0.15) is 13.2 Å². The highest BCUT2D eigenvalue weighted by Gasteiger charge is 2.44. The van der Waals surface area contributed by atoms with E-state index in [1.165, 1.54) is 0 Å². The van der Waals surface area contributed by atoms with E-state index in [1.807, 2.05) is 5.43 Å². The molecule has 0 aromatic carbocycles. The van der Waals surface area contributed by atoms with Crippen LogP contribution in [-0.2, 0) is 9.59 Å². The number of amides is 2. The van der Waals surface area contributed by atoms with Gasteiger partial charge in [-0.3, -0.25) is 15.0 Å². The summed E-state index contributed by atoms with van der Waals surface area (Å²) in [5.41, 5.74) is 1.87. The fourth-order valence-corrected chi connectivity index (χ4v) is 1.67. The molecule has 8 heteroatoms. The van der Waals surface area contributed by atoms with Gasteiger partial charge in [0, 0.05) is 13.1 Å². The molecule has 1 rings (SSSR count). The number of piperidine rings is 1. The third-order valence-electron chi connectivity index (χ3n) is 2.46. The van der Waals surface area contributed by atoms with E-state index >= 15 is 0 Å². The van der Waals surface area contributed by atoms with Crippen molar-refractivity contribution in [2.45, 2.75) is 19.0 Å². The lowest BCUT2D eigenvalue weighted by Gasteiger charge is -2.31. The van der Waals surface area contributed by atoms with Gasteiger partial charge in [-0.15, -0.1) is 0 Å². The van der Waals surface area contributed by atoms with Gasteiger partial charge in [0.25, 0.3) is 0 Å². The van der Waals surface area contributed by atoms with Gasteiger partial charge in [-0.1, -0.05) is 0 Å². The zero-order chi connectivity index (χ0) is 12.3. The maximum atomic E-state index is 12.1. The van der Waals surface area contributed by atoms with E-state index in [1.54, 1.807) is 0 Å². The Labute approximate surface area is 89.7 Å². The highest BCUT2D eigenvalue weighted by atomic mass is 19.4. The molecule has 1 aliphatic heterocycles. The molecule has 1 fully saturated rings. The molecule has 1 atom stereocenters. The SMILES string of the molecule is NNC(=O)C1CCCN(C(=O)C(F)(F)F)C1. The van der Waals surface area contributed by atoms with Gasteiger partial charge in [0.1, 0.15) is 0 Å². The number of nitrogens with one attached hydrogen (secondary N) is 1. The maximum absolute atomic E-state index is 12.1. The van der Waals surface area contributed by atoms with Crippen molar-refractivity contribution >= 4 is 11.8 Å². The van der Waals surface area contributed by atoms with E-state index in [0.29, 0.717) is 17.7 Å². The van der Waals surface area contributed by atoms with Crippen LogP contribution in [0.2, 0.25) is 0 Å². The minimum absolute atomic E-state index is 0.0205. The molecule has 16 heavy (non-hydrogen) atoms. The fraction of sp³-hybridized carbons (Fsp3) is 0.750. The highest BCUT2D eigenvalue weighted by Crippen LogP contribution is 2.23. The van der Waals surface area contributed by atoms with Crippen LogP contribution in [0.3, 0.4) is 0 Å². The molecule has 3 N–H and O–H groups in total. The Hall–Kier alpha value is -1.31. The quantitative estimate of drug-likeness (QED) is 0.377. The Morgan fingerprint density at radius 3 is 2.50 bits per heavy atom. The predicted octanol–water partition coefficient (Wildman–Crippen LogP) is -0.223. The number of carbonyl (C=O) groups excluding carboxylic acids is 2. The number of likely N-dealkylation sites (tertiary alicyclic amines) is 1. The van der Waals surface area contributed by atoms with Crippen molar-refractivity contribution in [3.63, 3.8) is 0 Å². The molecule has 0 aliphatic carbocycles. The lowest BCUT2D eigenvalue weighted by Crippen LogP contribution is -2.50. The Morgan fingerprint density at radius 2 is 2.00 bits per heavy atom. The first-order valence-corrected chi connectivity index (χ1v) is 4.73. The number of hydrazine groups is 1. The molecule has 1 heterocycles. The zero-order valence-corrected chi connectivity index (χ0v) is 8.38. The number of hydrogen-bond acceptors (Lipinski definition) is 3. The summed E-state index contributed by atoms with van der Waals surface area (Å²) in [5.74, 6) is 1.78. The highest BCUT2D eigenvalue weighted by molar-refractivity contribution is 5.83. The van der Waals surface area contributed by atoms with E-state index in [4.69, 9.17) is 5.84 Å². The molecule has 0 radical (unpaired) electrons. The average Bonchev–Trinajstić information content (AvgIpc) is 2.26. The molecular formula is C8H12F3N3O2. The van der Waals surface area contributed by atoms with Gasteiger partial charge < -0.3 is 4.90 Å². The second kappa shape index (κ2) is 4.69. The van der Waals surface area contributed by atoms with Gasteiger partial charge in [0.15, 0.2) is 0 Å². The topological polar surface area (TPSA) is 75.4 Å². The Bertz CT molecular complexity index is 293. The van der Waals surface area contributed by atoms with Crippen LogP contribution in [0.25, 0.3) is 0 Å². The predicted molar refractivity (Wildman–Crippen MR) is 47.7 cm³/mol. The van der Waals surface area contributed by atoms with E-state index in [9.17, 15) is 22.8 Å². The van der Waals surface area contributed by atoms with E-state index in [0.717, 1.165) is 0 Å². The Kier molecular flexibility index (Phi) is 3.74. The van der Waals surface area contributed by atoms with Crippen LogP contribution >= 0.6 is 0 Å². The smallest absolute Gasteiger partial charge is 0.334 e. The molecule has 0 spiro atoms. The number of carbonyl (C=O) groups is 2. The Balaban J connectivity index is 2.64. The minimum atomic E-state index is -4.89. The van der Waals surface area contributed by atoms with Crippen LogP contribution in [0.1, 0.15) is 12.8 Å².